The second-order valence-corrected chi connectivity index (χ2v) is 8.71. The van der Waals surface area contributed by atoms with Gasteiger partial charge in [-0.25, -0.2) is 0 Å². The summed E-state index contributed by atoms with van der Waals surface area (Å²) in [4.78, 5) is 29.7. The first-order chi connectivity index (χ1) is 13.8. The first kappa shape index (κ1) is 21.7. The number of benzene rings is 1. The van der Waals surface area contributed by atoms with Crippen LogP contribution in [0.3, 0.4) is 0 Å². The number of rotatable bonds is 5. The summed E-state index contributed by atoms with van der Waals surface area (Å²) in [6, 6.07) is 6.03. The summed E-state index contributed by atoms with van der Waals surface area (Å²) in [5.74, 6) is 0.262. The van der Waals surface area contributed by atoms with Crippen molar-refractivity contribution in [3.8, 4) is 0 Å². The minimum Gasteiger partial charge on any atom is -0.364 e. The van der Waals surface area contributed by atoms with E-state index in [9.17, 15) is 9.59 Å². The van der Waals surface area contributed by atoms with Crippen molar-refractivity contribution in [1.29, 1.82) is 0 Å². The molecule has 7 nitrogen and oxygen atoms in total. The molecule has 160 valence electrons. The third-order valence-electron chi connectivity index (χ3n) is 6.00. The van der Waals surface area contributed by atoms with Crippen LogP contribution in [0.15, 0.2) is 18.2 Å². The fourth-order valence-corrected chi connectivity index (χ4v) is 4.53. The second-order valence-electron chi connectivity index (χ2n) is 8.71. The highest BCUT2D eigenvalue weighted by atomic mass is 16.5. The van der Waals surface area contributed by atoms with E-state index in [1.165, 1.54) is 9.80 Å². The molecule has 0 unspecified atom stereocenters. The van der Waals surface area contributed by atoms with Gasteiger partial charge in [0.2, 0.25) is 0 Å². The van der Waals surface area contributed by atoms with Crippen molar-refractivity contribution in [2.24, 2.45) is 0 Å². The van der Waals surface area contributed by atoms with Crippen molar-refractivity contribution in [3.63, 3.8) is 0 Å². The minimum absolute atomic E-state index is 0.0397. The van der Waals surface area contributed by atoms with Crippen molar-refractivity contribution in [3.05, 3.63) is 29.3 Å². The molecule has 2 amide bonds. The fourth-order valence-electron chi connectivity index (χ4n) is 4.53. The molecule has 0 aromatic heterocycles. The first-order valence-corrected chi connectivity index (χ1v) is 10.8. The highest BCUT2D eigenvalue weighted by molar-refractivity contribution is 5.93. The Morgan fingerprint density at radius 3 is 2.21 bits per heavy atom. The SMILES string of the molecule is Cc1cccc(C)c1NC(=O)C[NH+]1CCN(C(=O)C[NH+]2C[C@@H](C)O[C@H](C)C2)CC1. The second kappa shape index (κ2) is 9.69. The van der Waals surface area contributed by atoms with E-state index >= 15 is 0 Å². The summed E-state index contributed by atoms with van der Waals surface area (Å²) in [5.41, 5.74) is 3.08. The third-order valence-corrected chi connectivity index (χ3v) is 6.00. The molecule has 1 aromatic carbocycles. The molecule has 2 aliphatic heterocycles. The number of anilines is 1. The van der Waals surface area contributed by atoms with Gasteiger partial charge in [0.15, 0.2) is 13.1 Å². The topological polar surface area (TPSA) is 67.5 Å². The number of para-hydroxylation sites is 1. The molecule has 2 heterocycles. The zero-order valence-electron chi connectivity index (χ0n) is 18.2. The van der Waals surface area contributed by atoms with Gasteiger partial charge in [0.25, 0.3) is 11.8 Å². The monoisotopic (exact) mass is 404 g/mol. The summed E-state index contributed by atoms with van der Waals surface area (Å²) >= 11 is 0. The Labute approximate surface area is 174 Å². The summed E-state index contributed by atoms with van der Waals surface area (Å²) in [5, 5.41) is 3.07. The summed E-state index contributed by atoms with van der Waals surface area (Å²) in [6.07, 6.45) is 0.413. The number of nitrogens with zero attached hydrogens (tertiary/aromatic N) is 1. The molecule has 3 rings (SSSR count). The minimum atomic E-state index is 0.0397. The smallest absolute Gasteiger partial charge is 0.279 e. The number of amides is 2. The molecule has 2 saturated heterocycles. The fraction of sp³-hybridized carbons (Fsp3) is 0.636. The molecular formula is C22H36N4O3+2. The Balaban J connectivity index is 1.43. The van der Waals surface area contributed by atoms with Crippen LogP contribution in [0.1, 0.15) is 25.0 Å². The van der Waals surface area contributed by atoms with Crippen molar-refractivity contribution >= 4 is 17.5 Å². The molecule has 0 saturated carbocycles. The molecule has 29 heavy (non-hydrogen) atoms. The molecule has 2 aliphatic rings. The van der Waals surface area contributed by atoms with E-state index in [1.54, 1.807) is 0 Å². The van der Waals surface area contributed by atoms with E-state index in [4.69, 9.17) is 4.74 Å². The average Bonchev–Trinajstić information content (AvgIpc) is 2.64. The average molecular weight is 405 g/mol. The van der Waals surface area contributed by atoms with Gasteiger partial charge < -0.3 is 24.8 Å². The maximum atomic E-state index is 12.7. The molecule has 7 heteroatoms. The Kier molecular flexibility index (Phi) is 7.27. The predicted molar refractivity (Wildman–Crippen MR) is 112 cm³/mol. The van der Waals surface area contributed by atoms with Crippen LogP contribution >= 0.6 is 0 Å². The van der Waals surface area contributed by atoms with E-state index in [1.807, 2.05) is 36.9 Å². The van der Waals surface area contributed by atoms with Crippen LogP contribution in [-0.4, -0.2) is 81.3 Å². The number of morpholine rings is 1. The van der Waals surface area contributed by atoms with Crippen LogP contribution in [0.2, 0.25) is 0 Å². The van der Waals surface area contributed by atoms with Gasteiger partial charge in [0.05, 0.1) is 26.2 Å². The third kappa shape index (κ3) is 6.01. The number of ether oxygens (including phenoxy) is 1. The van der Waals surface area contributed by atoms with Crippen molar-refractivity contribution in [1.82, 2.24) is 4.90 Å². The van der Waals surface area contributed by atoms with Crippen LogP contribution in [-0.2, 0) is 14.3 Å². The number of aryl methyl sites for hydroxylation is 2. The van der Waals surface area contributed by atoms with Gasteiger partial charge in [-0.15, -0.1) is 0 Å². The predicted octanol–water partition coefficient (Wildman–Crippen LogP) is -1.34. The highest BCUT2D eigenvalue weighted by Crippen LogP contribution is 2.18. The zero-order chi connectivity index (χ0) is 21.0. The zero-order valence-corrected chi connectivity index (χ0v) is 18.2. The molecule has 3 N–H and O–H groups in total. The maximum absolute atomic E-state index is 12.7. The molecule has 2 atom stereocenters. The van der Waals surface area contributed by atoms with Gasteiger partial charge >= 0.3 is 0 Å². The van der Waals surface area contributed by atoms with E-state index in [-0.39, 0.29) is 24.0 Å². The molecule has 0 aliphatic carbocycles. The van der Waals surface area contributed by atoms with Crippen molar-refractivity contribution in [2.75, 3.05) is 57.7 Å². The maximum Gasteiger partial charge on any atom is 0.279 e. The quantitative estimate of drug-likeness (QED) is 0.569. The lowest BCUT2D eigenvalue weighted by Crippen LogP contribution is -3.17. The van der Waals surface area contributed by atoms with Gasteiger partial charge in [0.1, 0.15) is 25.3 Å². The van der Waals surface area contributed by atoms with Crippen LogP contribution in [0.4, 0.5) is 5.69 Å². The van der Waals surface area contributed by atoms with Gasteiger partial charge in [-0.1, -0.05) is 18.2 Å². The van der Waals surface area contributed by atoms with E-state index in [0.717, 1.165) is 56.1 Å². The van der Waals surface area contributed by atoms with E-state index < -0.39 is 0 Å². The van der Waals surface area contributed by atoms with Crippen LogP contribution in [0, 0.1) is 13.8 Å². The highest BCUT2D eigenvalue weighted by Gasteiger charge is 2.31. The molecular weight excluding hydrogens is 368 g/mol. The van der Waals surface area contributed by atoms with Crippen LogP contribution in [0.5, 0.6) is 0 Å². The van der Waals surface area contributed by atoms with Crippen LogP contribution in [0.25, 0.3) is 0 Å². The molecule has 0 spiro atoms. The van der Waals surface area contributed by atoms with Gasteiger partial charge in [-0.05, 0) is 38.8 Å². The number of quaternary nitrogens is 2. The number of carbonyl (C=O) groups is 2. The number of nitrogens with one attached hydrogen (secondary N) is 3. The first-order valence-electron chi connectivity index (χ1n) is 10.8. The Bertz CT molecular complexity index is 701. The lowest BCUT2D eigenvalue weighted by Gasteiger charge is -2.35. The normalized spacial score (nSPS) is 25.7. The van der Waals surface area contributed by atoms with Gasteiger partial charge in [0, 0.05) is 5.69 Å². The lowest BCUT2D eigenvalue weighted by molar-refractivity contribution is -0.908. The van der Waals surface area contributed by atoms with Crippen LogP contribution < -0.4 is 15.1 Å². The van der Waals surface area contributed by atoms with Gasteiger partial charge in [-0.2, -0.15) is 0 Å². The Hall–Kier alpha value is -1.96. The Morgan fingerprint density at radius 1 is 1.03 bits per heavy atom. The number of carbonyl (C=O) groups excluding carboxylic acids is 2. The number of hydrogen-bond donors (Lipinski definition) is 3. The van der Waals surface area contributed by atoms with Gasteiger partial charge in [-0.3, -0.25) is 9.59 Å². The lowest BCUT2D eigenvalue weighted by atomic mass is 10.1. The number of hydrogen-bond acceptors (Lipinski definition) is 3. The summed E-state index contributed by atoms with van der Waals surface area (Å²) < 4.78 is 5.76. The van der Waals surface area contributed by atoms with E-state index in [2.05, 4.69) is 19.2 Å². The van der Waals surface area contributed by atoms with E-state index in [0.29, 0.717) is 13.1 Å². The standard InChI is InChI=1S/C22H34N4O3/c1-16-6-5-7-17(2)22(16)23-20(27)14-24-8-10-26(11-9-24)21(28)15-25-12-18(3)29-19(4)13-25/h5-7,18-19H,8-15H2,1-4H3,(H,23,27)/p+2/t18-,19-/m1/s1. The summed E-state index contributed by atoms with van der Waals surface area (Å²) in [7, 11) is 0. The molecule has 0 bridgehead atoms. The number of piperazine rings is 1. The largest absolute Gasteiger partial charge is 0.364 e. The molecule has 0 radical (unpaired) electrons. The molecule has 2 fully saturated rings. The van der Waals surface area contributed by atoms with Crippen molar-refractivity contribution in [2.45, 2.75) is 39.9 Å². The summed E-state index contributed by atoms with van der Waals surface area (Å²) in [6.45, 7) is 14.0. The van der Waals surface area contributed by atoms with Crippen molar-refractivity contribution < 1.29 is 24.1 Å². The Morgan fingerprint density at radius 2 is 1.62 bits per heavy atom. The molecule has 1 aromatic rings.